The number of hydrogen-bond donors (Lipinski definition) is 2. The van der Waals surface area contributed by atoms with E-state index in [1.807, 2.05) is 24.4 Å². The number of hydrogen-bond acceptors (Lipinski definition) is 2. The fraction of sp³-hybridized carbons (Fsp3) is 0.0952. The molecule has 4 aromatic rings. The van der Waals surface area contributed by atoms with Crippen molar-refractivity contribution in [2.24, 2.45) is 0 Å². The molecule has 130 valence electrons. The predicted octanol–water partition coefficient (Wildman–Crippen LogP) is 4.54. The molecule has 26 heavy (non-hydrogen) atoms. The van der Waals surface area contributed by atoms with Crippen LogP contribution in [0.3, 0.4) is 0 Å². The van der Waals surface area contributed by atoms with Gasteiger partial charge in [-0.25, -0.2) is 4.39 Å². The molecule has 0 aliphatic carbocycles. The van der Waals surface area contributed by atoms with Crippen molar-refractivity contribution in [1.29, 1.82) is 0 Å². The van der Waals surface area contributed by atoms with Crippen molar-refractivity contribution >= 4 is 16.8 Å². The number of benzene rings is 2. The Hall–Kier alpha value is -3.34. The number of carbonyl (C=O) groups is 1. The van der Waals surface area contributed by atoms with Crippen LogP contribution in [-0.4, -0.2) is 17.4 Å². The Morgan fingerprint density at radius 1 is 1.04 bits per heavy atom. The van der Waals surface area contributed by atoms with Gasteiger partial charge in [0.25, 0.3) is 5.91 Å². The summed E-state index contributed by atoms with van der Waals surface area (Å²) in [5.41, 5.74) is 2.56. The van der Waals surface area contributed by atoms with E-state index in [0.29, 0.717) is 24.3 Å². The Labute approximate surface area is 149 Å². The lowest BCUT2D eigenvalue weighted by Gasteiger charge is -2.03. The molecule has 4 nitrogen and oxygen atoms in total. The highest BCUT2D eigenvalue weighted by Crippen LogP contribution is 2.24. The molecule has 0 bridgehead atoms. The average molecular weight is 348 g/mol. The van der Waals surface area contributed by atoms with Gasteiger partial charge < -0.3 is 14.7 Å². The zero-order chi connectivity index (χ0) is 17.9. The summed E-state index contributed by atoms with van der Waals surface area (Å²) in [6.07, 6.45) is 2.66. The summed E-state index contributed by atoms with van der Waals surface area (Å²) in [4.78, 5) is 15.5. The first-order valence-corrected chi connectivity index (χ1v) is 8.40. The van der Waals surface area contributed by atoms with Crippen LogP contribution in [0.4, 0.5) is 4.39 Å². The summed E-state index contributed by atoms with van der Waals surface area (Å²) in [6.45, 7) is 0.483. The molecule has 0 spiro atoms. The molecule has 0 atom stereocenters. The largest absolute Gasteiger partial charge is 0.451 e. The van der Waals surface area contributed by atoms with Crippen LogP contribution in [0.15, 0.2) is 71.3 Å². The third-order valence-corrected chi connectivity index (χ3v) is 4.32. The van der Waals surface area contributed by atoms with Gasteiger partial charge in [0.15, 0.2) is 5.76 Å². The Balaban J connectivity index is 1.40. The van der Waals surface area contributed by atoms with Gasteiger partial charge in [0.2, 0.25) is 0 Å². The van der Waals surface area contributed by atoms with E-state index in [-0.39, 0.29) is 17.5 Å². The number of para-hydroxylation sites is 1. The van der Waals surface area contributed by atoms with Gasteiger partial charge in [0.1, 0.15) is 11.6 Å². The topological polar surface area (TPSA) is 58.0 Å². The summed E-state index contributed by atoms with van der Waals surface area (Å²) >= 11 is 0. The molecule has 0 unspecified atom stereocenters. The normalized spacial score (nSPS) is 11.0. The highest BCUT2D eigenvalue weighted by Gasteiger charge is 2.14. The first-order valence-electron chi connectivity index (χ1n) is 8.40. The summed E-state index contributed by atoms with van der Waals surface area (Å²) in [7, 11) is 0. The lowest BCUT2D eigenvalue weighted by atomic mass is 10.1. The number of aromatic nitrogens is 1. The maximum absolute atomic E-state index is 13.8. The van der Waals surface area contributed by atoms with Crippen LogP contribution in [0.25, 0.3) is 22.2 Å². The molecule has 1 amide bonds. The molecule has 2 aromatic carbocycles. The summed E-state index contributed by atoms with van der Waals surface area (Å²) in [5.74, 6) is -0.187. The van der Waals surface area contributed by atoms with E-state index < -0.39 is 0 Å². The molecule has 2 heterocycles. The number of carbonyl (C=O) groups excluding carboxylic acids is 1. The smallest absolute Gasteiger partial charge is 0.287 e. The van der Waals surface area contributed by atoms with E-state index in [4.69, 9.17) is 4.42 Å². The van der Waals surface area contributed by atoms with E-state index in [0.717, 1.165) is 16.5 Å². The molecular weight excluding hydrogens is 331 g/mol. The summed E-state index contributed by atoms with van der Waals surface area (Å²) < 4.78 is 19.3. The van der Waals surface area contributed by atoms with Gasteiger partial charge in [-0.05, 0) is 42.3 Å². The maximum Gasteiger partial charge on any atom is 0.287 e. The van der Waals surface area contributed by atoms with Gasteiger partial charge in [0.05, 0.1) is 5.56 Å². The molecule has 0 fully saturated rings. The lowest BCUT2D eigenvalue weighted by Crippen LogP contribution is -2.25. The van der Waals surface area contributed by atoms with Crippen molar-refractivity contribution in [3.63, 3.8) is 0 Å². The Bertz CT molecular complexity index is 1060. The summed E-state index contributed by atoms with van der Waals surface area (Å²) in [6, 6.07) is 17.5. The molecule has 0 radical (unpaired) electrons. The van der Waals surface area contributed by atoms with Crippen LogP contribution in [-0.2, 0) is 6.42 Å². The lowest BCUT2D eigenvalue weighted by molar-refractivity contribution is 0.0927. The Kier molecular flexibility index (Phi) is 4.27. The van der Waals surface area contributed by atoms with Crippen LogP contribution in [0.1, 0.15) is 16.1 Å². The van der Waals surface area contributed by atoms with Crippen molar-refractivity contribution in [2.45, 2.75) is 6.42 Å². The summed E-state index contributed by atoms with van der Waals surface area (Å²) in [5, 5.41) is 4.00. The van der Waals surface area contributed by atoms with Crippen LogP contribution in [0.2, 0.25) is 0 Å². The van der Waals surface area contributed by atoms with E-state index in [2.05, 4.69) is 16.4 Å². The van der Waals surface area contributed by atoms with Gasteiger partial charge in [-0.3, -0.25) is 4.79 Å². The number of aromatic amines is 1. The number of amides is 1. The van der Waals surface area contributed by atoms with Crippen LogP contribution in [0, 0.1) is 5.82 Å². The predicted molar refractivity (Wildman–Crippen MR) is 98.4 cm³/mol. The van der Waals surface area contributed by atoms with Crippen LogP contribution >= 0.6 is 0 Å². The molecular formula is C21H17FN2O2. The zero-order valence-corrected chi connectivity index (χ0v) is 14.0. The second kappa shape index (κ2) is 6.88. The first-order chi connectivity index (χ1) is 12.7. The molecule has 0 saturated heterocycles. The number of nitrogens with one attached hydrogen (secondary N) is 2. The van der Waals surface area contributed by atoms with Crippen molar-refractivity contribution in [1.82, 2.24) is 10.3 Å². The first kappa shape index (κ1) is 16.1. The Morgan fingerprint density at radius 3 is 2.73 bits per heavy atom. The molecule has 2 aromatic heterocycles. The van der Waals surface area contributed by atoms with E-state index in [1.165, 1.54) is 6.07 Å². The number of H-pyrrole nitrogens is 1. The molecule has 2 N–H and O–H groups in total. The molecule has 4 rings (SSSR count). The number of furan rings is 1. The van der Waals surface area contributed by atoms with Gasteiger partial charge in [-0.2, -0.15) is 0 Å². The minimum absolute atomic E-state index is 0.169. The third kappa shape index (κ3) is 3.11. The van der Waals surface area contributed by atoms with Gasteiger partial charge in [-0.1, -0.05) is 30.3 Å². The number of rotatable bonds is 5. The second-order valence-electron chi connectivity index (χ2n) is 6.01. The Morgan fingerprint density at radius 2 is 1.85 bits per heavy atom. The minimum Gasteiger partial charge on any atom is -0.451 e. The molecule has 5 heteroatoms. The zero-order valence-electron chi connectivity index (χ0n) is 14.0. The van der Waals surface area contributed by atoms with Crippen molar-refractivity contribution in [3.05, 3.63) is 84.0 Å². The highest BCUT2D eigenvalue weighted by atomic mass is 19.1. The molecule has 0 saturated carbocycles. The average Bonchev–Trinajstić information content (AvgIpc) is 3.30. The van der Waals surface area contributed by atoms with Crippen molar-refractivity contribution in [2.75, 3.05) is 6.54 Å². The van der Waals surface area contributed by atoms with Crippen molar-refractivity contribution in [3.8, 4) is 11.3 Å². The SMILES string of the molecule is O=C(NCCc1c[nH]c2ccccc12)c1ccc(-c2ccccc2F)o1. The highest BCUT2D eigenvalue weighted by molar-refractivity contribution is 5.92. The van der Waals surface area contributed by atoms with Gasteiger partial charge >= 0.3 is 0 Å². The van der Waals surface area contributed by atoms with Crippen molar-refractivity contribution < 1.29 is 13.6 Å². The fourth-order valence-corrected chi connectivity index (χ4v) is 3.00. The van der Waals surface area contributed by atoms with Gasteiger partial charge in [0, 0.05) is 23.6 Å². The van der Waals surface area contributed by atoms with Gasteiger partial charge in [-0.15, -0.1) is 0 Å². The number of halogens is 1. The monoisotopic (exact) mass is 348 g/mol. The fourth-order valence-electron chi connectivity index (χ4n) is 3.00. The molecule has 0 aliphatic rings. The minimum atomic E-state index is -0.381. The standard InChI is InChI=1S/C21H17FN2O2/c22-17-7-3-1-6-16(17)19-9-10-20(26-19)21(25)23-12-11-14-13-24-18-8-4-2-5-15(14)18/h1-10,13,24H,11-12H2,(H,23,25). The number of fused-ring (bicyclic) bond motifs is 1. The molecule has 0 aliphatic heterocycles. The maximum atomic E-state index is 13.8. The quantitative estimate of drug-likeness (QED) is 0.556. The van der Waals surface area contributed by atoms with E-state index >= 15 is 0 Å². The second-order valence-corrected chi connectivity index (χ2v) is 6.01. The van der Waals surface area contributed by atoms with Crippen LogP contribution < -0.4 is 5.32 Å². The van der Waals surface area contributed by atoms with E-state index in [9.17, 15) is 9.18 Å². The third-order valence-electron chi connectivity index (χ3n) is 4.32. The van der Waals surface area contributed by atoms with E-state index in [1.54, 1.807) is 30.3 Å². The van der Waals surface area contributed by atoms with Crippen LogP contribution in [0.5, 0.6) is 0 Å².